The molecule has 0 aliphatic carbocycles. The number of morpholine rings is 1. The zero-order chi connectivity index (χ0) is 27.1. The summed E-state index contributed by atoms with van der Waals surface area (Å²) in [7, 11) is -1.10. The van der Waals surface area contributed by atoms with Crippen LogP contribution in [0, 0.1) is 0 Å². The third kappa shape index (κ3) is 7.39. The number of nitrogens with zero attached hydrogens (tertiary/aromatic N) is 1. The van der Waals surface area contributed by atoms with E-state index in [2.05, 4.69) is 4.72 Å². The first-order valence-corrected chi connectivity index (χ1v) is 11.5. The molecule has 3 rings (SSSR count). The van der Waals surface area contributed by atoms with E-state index in [1.165, 1.54) is 44.6 Å². The number of sulfonamides is 1. The Morgan fingerprint density at radius 1 is 1.00 bits per heavy atom. The van der Waals surface area contributed by atoms with Gasteiger partial charge >= 0.3 is 18.1 Å². The minimum Gasteiger partial charge on any atom is -0.493 e. The van der Waals surface area contributed by atoms with Gasteiger partial charge in [0.2, 0.25) is 0 Å². The number of carboxylic acid groups (broad SMARTS) is 2. The Balaban J connectivity index is 0.000000572. The van der Waals surface area contributed by atoms with Crippen LogP contribution in [0.3, 0.4) is 0 Å². The highest BCUT2D eigenvalue weighted by atomic mass is 32.2. The summed E-state index contributed by atoms with van der Waals surface area (Å²) in [5, 5.41) is 16.7. The number of rotatable bonds is 7. The molecule has 1 fully saturated rings. The highest BCUT2D eigenvalue weighted by molar-refractivity contribution is 7.92. The van der Waals surface area contributed by atoms with Gasteiger partial charge in [0.25, 0.3) is 10.0 Å². The van der Waals surface area contributed by atoms with Crippen molar-refractivity contribution < 1.29 is 55.6 Å². The average molecular weight is 536 g/mol. The number of aliphatic carboxylic acids is 1. The summed E-state index contributed by atoms with van der Waals surface area (Å²) in [6.45, 7) is 2.15. The lowest BCUT2D eigenvalue weighted by molar-refractivity contribution is -0.192. The Bertz CT molecular complexity index is 1200. The van der Waals surface area contributed by atoms with Gasteiger partial charge < -0.3 is 29.3 Å². The number of hydrogen-bond donors (Lipinski definition) is 3. The maximum Gasteiger partial charge on any atom is 0.490 e. The maximum absolute atomic E-state index is 12.8. The molecule has 198 valence electrons. The van der Waals surface area contributed by atoms with E-state index in [4.69, 9.17) is 24.1 Å². The number of benzene rings is 2. The summed E-state index contributed by atoms with van der Waals surface area (Å²) in [5.41, 5.74) is 0.684. The van der Waals surface area contributed by atoms with Crippen molar-refractivity contribution in [3.05, 3.63) is 42.0 Å². The van der Waals surface area contributed by atoms with E-state index in [1.54, 1.807) is 6.07 Å². The van der Waals surface area contributed by atoms with Crippen molar-refractivity contribution in [2.24, 2.45) is 0 Å². The number of methoxy groups -OCH3 is 2. The molecule has 0 saturated carbocycles. The lowest BCUT2D eigenvalue weighted by atomic mass is 10.1. The van der Waals surface area contributed by atoms with Crippen LogP contribution in [-0.4, -0.2) is 77.3 Å². The molecule has 36 heavy (non-hydrogen) atoms. The van der Waals surface area contributed by atoms with Crippen LogP contribution < -0.4 is 19.1 Å². The molecule has 0 bridgehead atoms. The predicted octanol–water partition coefficient (Wildman–Crippen LogP) is 2.67. The highest BCUT2D eigenvalue weighted by Gasteiger charge is 2.38. The van der Waals surface area contributed by atoms with E-state index in [1.807, 2.05) is 4.90 Å². The number of ether oxygens (including phenoxy) is 3. The second-order valence-corrected chi connectivity index (χ2v) is 8.74. The Labute approximate surface area is 204 Å². The molecule has 1 heterocycles. The molecule has 2 aromatic rings. The third-order valence-corrected chi connectivity index (χ3v) is 6.12. The summed E-state index contributed by atoms with van der Waals surface area (Å²) in [5.74, 6) is -3.23. The van der Waals surface area contributed by atoms with Crippen molar-refractivity contribution in [1.82, 2.24) is 0 Å². The summed E-state index contributed by atoms with van der Waals surface area (Å²) in [6, 6.07) is 8.64. The second kappa shape index (κ2) is 11.8. The number of halogens is 3. The number of carboxylic acids is 2. The minimum absolute atomic E-state index is 0.0133. The number of aromatic carboxylic acids is 1. The first kappa shape index (κ1) is 28.5. The van der Waals surface area contributed by atoms with Gasteiger partial charge in [-0.3, -0.25) is 4.72 Å². The molecule has 3 N–H and O–H groups in total. The van der Waals surface area contributed by atoms with Gasteiger partial charge in [0.15, 0.2) is 11.5 Å². The number of hydrogen-bond acceptors (Lipinski definition) is 8. The van der Waals surface area contributed by atoms with Gasteiger partial charge in [-0.05, 0) is 30.3 Å². The first-order valence-electron chi connectivity index (χ1n) is 10.0. The molecule has 0 atom stereocenters. The summed E-state index contributed by atoms with van der Waals surface area (Å²) in [6.07, 6.45) is -5.08. The van der Waals surface area contributed by atoms with Crippen molar-refractivity contribution in [2.75, 3.05) is 50.1 Å². The molecule has 0 unspecified atom stereocenters. The third-order valence-electron chi connectivity index (χ3n) is 4.74. The fourth-order valence-electron chi connectivity index (χ4n) is 3.05. The average Bonchev–Trinajstić information content (AvgIpc) is 2.83. The smallest absolute Gasteiger partial charge is 0.490 e. The monoisotopic (exact) mass is 536 g/mol. The Morgan fingerprint density at radius 3 is 2.08 bits per heavy atom. The van der Waals surface area contributed by atoms with Gasteiger partial charge in [0.1, 0.15) is 0 Å². The molecule has 2 aromatic carbocycles. The second-order valence-electron chi connectivity index (χ2n) is 7.06. The fraction of sp³-hybridized carbons (Fsp3) is 0.333. The number of carbonyl (C=O) groups is 2. The van der Waals surface area contributed by atoms with Crippen LogP contribution in [0.4, 0.5) is 24.5 Å². The Hall–Kier alpha value is -3.72. The number of anilines is 2. The van der Waals surface area contributed by atoms with E-state index < -0.39 is 28.1 Å². The fourth-order valence-corrected chi connectivity index (χ4v) is 4.11. The zero-order valence-corrected chi connectivity index (χ0v) is 19.9. The summed E-state index contributed by atoms with van der Waals surface area (Å²) < 4.78 is 75.2. The van der Waals surface area contributed by atoms with Crippen LogP contribution in [0.15, 0.2) is 41.3 Å². The largest absolute Gasteiger partial charge is 0.493 e. The van der Waals surface area contributed by atoms with E-state index >= 15 is 0 Å². The SMILES string of the molecule is COc1ccc(S(=O)(=O)Nc2ccc(N3CCOCC3)c(C(=O)O)c2)cc1OC.O=C(O)C(F)(F)F. The Morgan fingerprint density at radius 2 is 1.58 bits per heavy atom. The quantitative estimate of drug-likeness (QED) is 0.482. The lowest BCUT2D eigenvalue weighted by Gasteiger charge is -2.30. The van der Waals surface area contributed by atoms with Crippen molar-refractivity contribution in [2.45, 2.75) is 11.1 Å². The van der Waals surface area contributed by atoms with E-state index in [-0.39, 0.29) is 21.9 Å². The van der Waals surface area contributed by atoms with Crippen molar-refractivity contribution in [3.8, 4) is 11.5 Å². The molecular weight excluding hydrogens is 513 g/mol. The molecular formula is C21H23F3N2O9S. The van der Waals surface area contributed by atoms with Gasteiger partial charge in [0.05, 0.1) is 43.6 Å². The molecule has 1 aliphatic heterocycles. The molecule has 1 aliphatic rings. The van der Waals surface area contributed by atoms with Crippen LogP contribution in [0.5, 0.6) is 11.5 Å². The molecule has 0 aromatic heterocycles. The van der Waals surface area contributed by atoms with Crippen LogP contribution in [0.1, 0.15) is 10.4 Å². The van der Waals surface area contributed by atoms with Crippen molar-refractivity contribution >= 4 is 33.3 Å². The van der Waals surface area contributed by atoms with Crippen LogP contribution in [0.25, 0.3) is 0 Å². The normalized spacial score (nSPS) is 13.8. The maximum atomic E-state index is 12.8. The number of alkyl halides is 3. The van der Waals surface area contributed by atoms with E-state index in [0.717, 1.165) is 0 Å². The van der Waals surface area contributed by atoms with Crippen LogP contribution in [0.2, 0.25) is 0 Å². The molecule has 15 heteroatoms. The minimum atomic E-state index is -5.08. The van der Waals surface area contributed by atoms with Gasteiger partial charge in [-0.1, -0.05) is 0 Å². The van der Waals surface area contributed by atoms with E-state index in [0.29, 0.717) is 37.7 Å². The predicted molar refractivity (Wildman–Crippen MR) is 120 cm³/mol. The topological polar surface area (TPSA) is 152 Å². The van der Waals surface area contributed by atoms with Gasteiger partial charge in [-0.25, -0.2) is 18.0 Å². The highest BCUT2D eigenvalue weighted by Crippen LogP contribution is 2.31. The van der Waals surface area contributed by atoms with Gasteiger partial charge in [-0.2, -0.15) is 13.2 Å². The number of nitrogens with one attached hydrogen (secondary N) is 1. The van der Waals surface area contributed by atoms with Gasteiger partial charge in [-0.15, -0.1) is 0 Å². The lowest BCUT2D eigenvalue weighted by Crippen LogP contribution is -2.37. The van der Waals surface area contributed by atoms with Crippen LogP contribution in [-0.2, 0) is 19.6 Å². The molecule has 11 nitrogen and oxygen atoms in total. The molecule has 0 radical (unpaired) electrons. The first-order chi connectivity index (χ1) is 16.8. The van der Waals surface area contributed by atoms with Gasteiger partial charge in [0, 0.05) is 24.8 Å². The summed E-state index contributed by atoms with van der Waals surface area (Å²) in [4.78, 5) is 22.5. The Kier molecular flexibility index (Phi) is 9.35. The molecule has 1 saturated heterocycles. The molecule has 0 amide bonds. The zero-order valence-electron chi connectivity index (χ0n) is 19.0. The summed E-state index contributed by atoms with van der Waals surface area (Å²) >= 11 is 0. The van der Waals surface area contributed by atoms with Crippen molar-refractivity contribution in [3.63, 3.8) is 0 Å². The van der Waals surface area contributed by atoms with Crippen molar-refractivity contribution in [1.29, 1.82) is 0 Å². The van der Waals surface area contributed by atoms with Crippen LogP contribution >= 0.6 is 0 Å². The standard InChI is InChI=1S/C19H22N2O7S.C2HF3O2/c1-26-17-6-4-14(12-18(17)27-2)29(24,25)20-13-3-5-16(15(11-13)19(22)23)21-7-9-28-10-8-21;3-2(4,5)1(6)7/h3-6,11-12,20H,7-10H2,1-2H3,(H,22,23);(H,6,7). The molecule has 0 spiro atoms. The van der Waals surface area contributed by atoms with E-state index in [9.17, 15) is 31.5 Å².